The molecule has 2 aliphatic rings. The minimum atomic E-state index is -0.883. The number of ether oxygens (including phenoxy) is 1. The van der Waals surface area contributed by atoms with Gasteiger partial charge in [0.15, 0.2) is 5.72 Å². The van der Waals surface area contributed by atoms with Crippen molar-refractivity contribution in [2.75, 3.05) is 4.90 Å². The molecule has 1 fully saturated rings. The highest BCUT2D eigenvalue weighted by Crippen LogP contribution is 2.46. The predicted octanol–water partition coefficient (Wildman–Crippen LogP) is 5.80. The first-order valence-electron chi connectivity index (χ1n) is 10.5. The first kappa shape index (κ1) is 21.8. The number of hydrogen-bond donors (Lipinski definition) is 2. The quantitative estimate of drug-likeness (QED) is 0.451. The Morgan fingerprint density at radius 2 is 2.00 bits per heavy atom. The molecule has 0 aliphatic carbocycles. The maximum absolute atomic E-state index is 13.1. The summed E-state index contributed by atoms with van der Waals surface area (Å²) in [4.78, 5) is 27.5. The van der Waals surface area contributed by atoms with Crippen LogP contribution in [-0.2, 0) is 6.54 Å². The van der Waals surface area contributed by atoms with Gasteiger partial charge in [-0.1, -0.05) is 45.7 Å². The summed E-state index contributed by atoms with van der Waals surface area (Å²) in [6.45, 7) is 2.27. The minimum Gasteiger partial charge on any atom is -0.467 e. The Morgan fingerprint density at radius 1 is 1.21 bits per heavy atom. The van der Waals surface area contributed by atoms with E-state index in [-0.39, 0.29) is 18.0 Å². The van der Waals surface area contributed by atoms with Gasteiger partial charge in [-0.25, -0.2) is 4.79 Å². The number of fused-ring (bicyclic) bond motifs is 4. The van der Waals surface area contributed by atoms with Crippen molar-refractivity contribution in [1.29, 1.82) is 0 Å². The fourth-order valence-electron chi connectivity index (χ4n) is 4.41. The topological polar surface area (TPSA) is 70.7 Å². The van der Waals surface area contributed by atoms with Gasteiger partial charge in [0.1, 0.15) is 5.75 Å². The molecule has 33 heavy (non-hydrogen) atoms. The summed E-state index contributed by atoms with van der Waals surface area (Å²) in [5, 5.41) is 6.64. The van der Waals surface area contributed by atoms with Crippen molar-refractivity contribution < 1.29 is 14.3 Å². The van der Waals surface area contributed by atoms with Crippen LogP contribution in [0, 0.1) is 0 Å². The molecule has 2 aliphatic heterocycles. The van der Waals surface area contributed by atoms with Gasteiger partial charge < -0.3 is 15.4 Å². The number of anilines is 1. The van der Waals surface area contributed by atoms with Gasteiger partial charge in [-0.15, -0.1) is 0 Å². The van der Waals surface area contributed by atoms with Gasteiger partial charge in [0.05, 0.1) is 11.7 Å². The number of halogens is 2. The summed E-state index contributed by atoms with van der Waals surface area (Å²) in [6.07, 6.45) is 0.579. The summed E-state index contributed by atoms with van der Waals surface area (Å²) in [7, 11) is 0. The van der Waals surface area contributed by atoms with Crippen LogP contribution in [0.25, 0.3) is 0 Å². The third kappa shape index (κ3) is 4.18. The van der Waals surface area contributed by atoms with Crippen molar-refractivity contribution in [3.05, 3.63) is 92.9 Å². The lowest BCUT2D eigenvalue weighted by Crippen LogP contribution is -2.65. The van der Waals surface area contributed by atoms with E-state index in [1.54, 1.807) is 35.2 Å². The fraction of sp³-hybridized carbons (Fsp3) is 0.200. The molecule has 0 spiro atoms. The molecular formula is C25H21BrClN3O3. The number of benzene rings is 3. The Morgan fingerprint density at radius 3 is 2.79 bits per heavy atom. The highest BCUT2D eigenvalue weighted by atomic mass is 79.9. The zero-order valence-corrected chi connectivity index (χ0v) is 20.1. The van der Waals surface area contributed by atoms with Crippen molar-refractivity contribution >= 4 is 45.2 Å². The molecule has 2 bridgehead atoms. The number of rotatable bonds is 4. The van der Waals surface area contributed by atoms with Crippen LogP contribution in [0.5, 0.6) is 5.75 Å². The van der Waals surface area contributed by atoms with E-state index in [0.29, 0.717) is 29.2 Å². The second-order valence-corrected chi connectivity index (χ2v) is 9.71. The van der Waals surface area contributed by atoms with E-state index >= 15 is 0 Å². The van der Waals surface area contributed by atoms with E-state index in [4.69, 9.17) is 16.3 Å². The van der Waals surface area contributed by atoms with Crippen molar-refractivity contribution in [2.24, 2.45) is 0 Å². The Kier molecular flexibility index (Phi) is 5.54. The zero-order valence-electron chi connectivity index (χ0n) is 17.8. The highest BCUT2D eigenvalue weighted by Gasteiger charge is 2.49. The smallest absolute Gasteiger partial charge is 0.325 e. The largest absolute Gasteiger partial charge is 0.467 e. The van der Waals surface area contributed by atoms with Gasteiger partial charge in [0.25, 0.3) is 5.91 Å². The molecule has 3 aromatic rings. The van der Waals surface area contributed by atoms with Crippen LogP contribution in [-0.4, -0.2) is 17.7 Å². The van der Waals surface area contributed by atoms with E-state index in [1.807, 2.05) is 43.3 Å². The number of carbonyl (C=O) groups excluding carboxylic acids is 2. The number of amides is 3. The fourth-order valence-corrected chi connectivity index (χ4v) is 4.91. The Bertz CT molecular complexity index is 1250. The Hall–Kier alpha value is -3.03. The van der Waals surface area contributed by atoms with Crippen molar-refractivity contribution in [3.8, 4) is 5.75 Å². The number of carbonyl (C=O) groups is 2. The van der Waals surface area contributed by atoms with Gasteiger partial charge in [-0.3, -0.25) is 9.69 Å². The van der Waals surface area contributed by atoms with Gasteiger partial charge in [-0.2, -0.15) is 0 Å². The van der Waals surface area contributed by atoms with Crippen LogP contribution in [0.4, 0.5) is 10.5 Å². The zero-order chi connectivity index (χ0) is 23.2. The first-order chi connectivity index (χ1) is 15.8. The van der Waals surface area contributed by atoms with Crippen molar-refractivity contribution in [3.63, 3.8) is 0 Å². The van der Waals surface area contributed by atoms with Crippen LogP contribution in [0.3, 0.4) is 0 Å². The summed E-state index contributed by atoms with van der Waals surface area (Å²) < 4.78 is 7.26. The number of nitrogens with one attached hydrogen (secondary N) is 2. The molecule has 0 aromatic heterocycles. The molecule has 2 heterocycles. The van der Waals surface area contributed by atoms with Crippen LogP contribution < -0.4 is 20.3 Å². The summed E-state index contributed by atoms with van der Waals surface area (Å²) in [6, 6.07) is 19.7. The first-order valence-corrected chi connectivity index (χ1v) is 11.7. The molecule has 168 valence electrons. The second-order valence-electron chi connectivity index (χ2n) is 8.36. The standard InChI is InChI=1S/C25H21BrClN3O3/c1-25-13-21(20-12-17(26)7-10-22(20)33-25)29-24(32)30(25)19-4-2-3-16(11-19)23(31)28-14-15-5-8-18(27)9-6-15/h2-12,21H,13-14H2,1H3,(H,28,31)(H,29,32). The molecule has 0 radical (unpaired) electrons. The number of hydrogen-bond acceptors (Lipinski definition) is 3. The van der Waals surface area contributed by atoms with Crippen LogP contribution in [0.2, 0.25) is 5.02 Å². The average Bonchev–Trinajstić information content (AvgIpc) is 2.79. The molecule has 3 aromatic carbocycles. The van der Waals surface area contributed by atoms with E-state index in [0.717, 1.165) is 21.3 Å². The second kappa shape index (κ2) is 8.39. The molecule has 2 unspecified atom stereocenters. The number of urea groups is 1. The summed E-state index contributed by atoms with van der Waals surface area (Å²) in [5.41, 5.74) is 2.06. The summed E-state index contributed by atoms with van der Waals surface area (Å²) in [5.74, 6) is 0.505. The lowest BCUT2D eigenvalue weighted by atomic mass is 9.90. The molecule has 0 saturated carbocycles. The highest BCUT2D eigenvalue weighted by molar-refractivity contribution is 9.10. The summed E-state index contributed by atoms with van der Waals surface area (Å²) >= 11 is 9.41. The van der Waals surface area contributed by atoms with Crippen LogP contribution >= 0.6 is 27.5 Å². The number of nitrogens with zero attached hydrogens (tertiary/aromatic N) is 1. The van der Waals surface area contributed by atoms with E-state index in [2.05, 4.69) is 26.6 Å². The van der Waals surface area contributed by atoms with E-state index in [9.17, 15) is 9.59 Å². The van der Waals surface area contributed by atoms with Crippen LogP contribution in [0.15, 0.2) is 71.2 Å². The Balaban J connectivity index is 1.39. The molecule has 5 rings (SSSR count). The average molecular weight is 527 g/mol. The molecule has 2 N–H and O–H groups in total. The van der Waals surface area contributed by atoms with Gasteiger partial charge in [0.2, 0.25) is 0 Å². The maximum Gasteiger partial charge on any atom is 0.325 e. The van der Waals surface area contributed by atoms with Gasteiger partial charge in [0, 0.05) is 33.6 Å². The third-order valence-corrected chi connectivity index (χ3v) is 6.71. The monoisotopic (exact) mass is 525 g/mol. The van der Waals surface area contributed by atoms with Gasteiger partial charge >= 0.3 is 6.03 Å². The SMILES string of the molecule is CC12CC(NC(=O)N1c1cccc(C(=O)NCc3ccc(Cl)cc3)c1)c1cc(Br)ccc1O2. The molecular weight excluding hydrogens is 506 g/mol. The molecule has 1 saturated heterocycles. The molecule has 2 atom stereocenters. The van der Waals surface area contributed by atoms with E-state index in [1.165, 1.54) is 0 Å². The van der Waals surface area contributed by atoms with Gasteiger partial charge in [-0.05, 0) is 61.0 Å². The third-order valence-electron chi connectivity index (χ3n) is 5.97. The van der Waals surface area contributed by atoms with E-state index < -0.39 is 5.72 Å². The van der Waals surface area contributed by atoms with Crippen LogP contribution in [0.1, 0.15) is 40.9 Å². The predicted molar refractivity (Wildman–Crippen MR) is 131 cm³/mol. The normalized spacial score (nSPS) is 21.0. The van der Waals surface area contributed by atoms with Crippen molar-refractivity contribution in [1.82, 2.24) is 10.6 Å². The molecule has 6 nitrogen and oxygen atoms in total. The lowest BCUT2D eigenvalue weighted by Gasteiger charge is -2.50. The lowest BCUT2D eigenvalue weighted by molar-refractivity contribution is 0.0378. The minimum absolute atomic E-state index is 0.147. The maximum atomic E-state index is 13.1. The molecule has 3 amide bonds. The Labute approximate surface area is 205 Å². The molecule has 8 heteroatoms. The van der Waals surface area contributed by atoms with Crippen molar-refractivity contribution in [2.45, 2.75) is 31.7 Å².